The molecule has 0 saturated heterocycles. The van der Waals surface area contributed by atoms with Gasteiger partial charge >= 0.3 is 7.60 Å². The molecular formula is C35H38N3O4P. The zero-order valence-electron chi connectivity index (χ0n) is 24.9. The van der Waals surface area contributed by atoms with Crippen molar-refractivity contribution in [3.63, 3.8) is 0 Å². The summed E-state index contributed by atoms with van der Waals surface area (Å²) >= 11 is 0. The van der Waals surface area contributed by atoms with Crippen molar-refractivity contribution < 1.29 is 18.7 Å². The highest BCUT2D eigenvalue weighted by molar-refractivity contribution is 7.62. The Balaban J connectivity index is 1.52. The quantitative estimate of drug-likeness (QED) is 0.107. The van der Waals surface area contributed by atoms with Gasteiger partial charge in [0.2, 0.25) is 0 Å². The second-order valence-electron chi connectivity index (χ2n) is 10.2. The maximum absolute atomic E-state index is 13.6. The molecule has 0 amide bonds. The minimum Gasteiger partial charge on any atom is -0.494 e. The van der Waals surface area contributed by atoms with Crippen molar-refractivity contribution in [2.24, 2.45) is 4.99 Å². The Bertz CT molecular complexity index is 1710. The van der Waals surface area contributed by atoms with Crippen molar-refractivity contribution in [2.75, 3.05) is 19.8 Å². The van der Waals surface area contributed by atoms with Gasteiger partial charge in [0.15, 0.2) is 5.88 Å². The summed E-state index contributed by atoms with van der Waals surface area (Å²) in [4.78, 5) is 10.5. The Kier molecular flexibility index (Phi) is 9.90. The Morgan fingerprint density at radius 1 is 0.814 bits per heavy atom. The maximum atomic E-state index is 13.6. The fourth-order valence-corrected chi connectivity index (χ4v) is 6.74. The molecular weight excluding hydrogens is 557 g/mol. The van der Waals surface area contributed by atoms with Crippen molar-refractivity contribution in [3.05, 3.63) is 125 Å². The van der Waals surface area contributed by atoms with E-state index in [-0.39, 0.29) is 19.1 Å². The molecule has 5 rings (SSSR count). The van der Waals surface area contributed by atoms with Crippen LogP contribution >= 0.6 is 7.60 Å². The van der Waals surface area contributed by atoms with Gasteiger partial charge in [-0.1, -0.05) is 79.7 Å². The number of fused-ring (bicyclic) bond motifs is 1. The summed E-state index contributed by atoms with van der Waals surface area (Å²) in [5.74, 6) is -0.0199. The molecule has 8 heteroatoms. The lowest BCUT2D eigenvalue weighted by Gasteiger charge is -2.20. The van der Waals surface area contributed by atoms with E-state index in [1.54, 1.807) is 32.0 Å². The van der Waals surface area contributed by atoms with Gasteiger partial charge in [-0.05, 0) is 61.9 Å². The van der Waals surface area contributed by atoms with Crippen molar-refractivity contribution in [1.82, 2.24) is 9.88 Å². The van der Waals surface area contributed by atoms with E-state index in [1.165, 1.54) is 11.1 Å². The number of aromatic hydroxyl groups is 1. The fraction of sp³-hybridized carbons (Fsp3) is 0.229. The van der Waals surface area contributed by atoms with Crippen LogP contribution in [0, 0.1) is 0 Å². The van der Waals surface area contributed by atoms with E-state index in [4.69, 9.17) is 14.0 Å². The molecule has 0 saturated carbocycles. The Morgan fingerprint density at radius 2 is 1.42 bits per heavy atom. The normalized spacial score (nSPS) is 12.3. The highest BCUT2D eigenvalue weighted by atomic mass is 31.2. The lowest BCUT2D eigenvalue weighted by molar-refractivity contribution is 0.230. The van der Waals surface area contributed by atoms with Gasteiger partial charge in [0.1, 0.15) is 0 Å². The van der Waals surface area contributed by atoms with E-state index in [0.717, 1.165) is 30.9 Å². The fourth-order valence-electron chi connectivity index (χ4n) is 5.15. The molecule has 0 unspecified atom stereocenters. The number of H-pyrrole nitrogens is 1. The first-order chi connectivity index (χ1) is 20.9. The van der Waals surface area contributed by atoms with E-state index >= 15 is 0 Å². The van der Waals surface area contributed by atoms with Crippen LogP contribution in [-0.2, 0) is 26.7 Å². The zero-order chi connectivity index (χ0) is 30.2. The van der Waals surface area contributed by atoms with Crippen LogP contribution in [0.15, 0.2) is 108 Å². The summed E-state index contributed by atoms with van der Waals surface area (Å²) in [6.45, 7) is 8.88. The molecule has 0 aliphatic carbocycles. The number of rotatable bonds is 13. The molecule has 0 spiro atoms. The standard InChI is InChI=1S/C35H38N3O4P/c1-4-38(24-26-13-9-7-10-14-26)25-27-17-19-29(20-18-27)36-34(28-15-11-8-12-16-28)33-31-23-30(21-22-32(31)37-35(33)39)43(40,41-5-2)42-6-3/h7-23,37,39H,4-6,24-25H2,1-3H3. The second kappa shape index (κ2) is 14.0. The molecule has 5 aromatic rings. The maximum Gasteiger partial charge on any atom is 0.361 e. The topological polar surface area (TPSA) is 87.1 Å². The molecule has 222 valence electrons. The Morgan fingerprint density at radius 3 is 2.02 bits per heavy atom. The molecule has 0 fully saturated rings. The average Bonchev–Trinajstić information content (AvgIpc) is 3.36. The summed E-state index contributed by atoms with van der Waals surface area (Å²) < 4.78 is 24.8. The minimum absolute atomic E-state index is 0.0199. The number of aromatic amines is 1. The summed E-state index contributed by atoms with van der Waals surface area (Å²) in [5, 5.41) is 12.3. The van der Waals surface area contributed by atoms with E-state index in [0.29, 0.717) is 27.5 Å². The van der Waals surface area contributed by atoms with Crippen LogP contribution in [-0.4, -0.2) is 40.5 Å². The van der Waals surface area contributed by atoms with Gasteiger partial charge in [-0.25, -0.2) is 4.99 Å². The molecule has 43 heavy (non-hydrogen) atoms. The third-order valence-corrected chi connectivity index (χ3v) is 9.35. The lowest BCUT2D eigenvalue weighted by atomic mass is 10.0. The predicted octanol–water partition coefficient (Wildman–Crippen LogP) is 7.96. The van der Waals surface area contributed by atoms with Crippen LogP contribution in [0.25, 0.3) is 10.9 Å². The molecule has 0 aliphatic rings. The summed E-state index contributed by atoms with van der Waals surface area (Å²) in [7, 11) is -3.54. The van der Waals surface area contributed by atoms with Crippen molar-refractivity contribution >= 4 is 35.2 Å². The first-order valence-electron chi connectivity index (χ1n) is 14.7. The molecule has 7 nitrogen and oxygen atoms in total. The number of hydrogen-bond acceptors (Lipinski definition) is 6. The largest absolute Gasteiger partial charge is 0.494 e. The van der Waals surface area contributed by atoms with Gasteiger partial charge in [-0.2, -0.15) is 0 Å². The van der Waals surface area contributed by atoms with E-state index in [2.05, 4.69) is 53.2 Å². The van der Waals surface area contributed by atoms with E-state index in [9.17, 15) is 9.67 Å². The molecule has 4 aromatic carbocycles. The van der Waals surface area contributed by atoms with Gasteiger partial charge in [0, 0.05) is 29.6 Å². The zero-order valence-corrected chi connectivity index (χ0v) is 25.8. The average molecular weight is 596 g/mol. The van der Waals surface area contributed by atoms with Crippen LogP contribution in [0.1, 0.15) is 43.0 Å². The molecule has 0 radical (unpaired) electrons. The predicted molar refractivity (Wildman–Crippen MR) is 175 cm³/mol. The first kappa shape index (κ1) is 30.5. The SMILES string of the molecule is CCOP(=O)(OCC)c1ccc2[nH]c(O)c(C(=Nc3ccc(CN(CC)Cc4ccccc4)cc3)c3ccccc3)c2c1. The smallest absolute Gasteiger partial charge is 0.361 e. The van der Waals surface area contributed by atoms with Crippen LogP contribution in [0.2, 0.25) is 0 Å². The number of aromatic nitrogens is 1. The van der Waals surface area contributed by atoms with E-state index < -0.39 is 7.60 Å². The molecule has 1 aromatic heterocycles. The van der Waals surface area contributed by atoms with Crippen molar-refractivity contribution in [3.8, 4) is 5.88 Å². The van der Waals surface area contributed by atoms with Crippen molar-refractivity contribution in [2.45, 2.75) is 33.9 Å². The lowest BCUT2D eigenvalue weighted by Crippen LogP contribution is -2.22. The number of nitrogens with zero attached hydrogens (tertiary/aromatic N) is 2. The minimum atomic E-state index is -3.54. The van der Waals surface area contributed by atoms with E-state index in [1.807, 2.05) is 48.5 Å². The molecule has 0 aliphatic heterocycles. The number of aliphatic imine (C=N–C) groups is 1. The summed E-state index contributed by atoms with van der Waals surface area (Å²) in [6.07, 6.45) is 0. The van der Waals surface area contributed by atoms with Crippen molar-refractivity contribution in [1.29, 1.82) is 0 Å². The molecule has 0 atom stereocenters. The number of hydrogen-bond donors (Lipinski definition) is 2. The van der Waals surface area contributed by atoms with Gasteiger partial charge in [-0.3, -0.25) is 9.46 Å². The van der Waals surface area contributed by atoms with Crippen LogP contribution in [0.5, 0.6) is 5.88 Å². The highest BCUT2D eigenvalue weighted by Gasteiger charge is 2.28. The summed E-state index contributed by atoms with van der Waals surface area (Å²) in [5.41, 5.74) is 5.88. The van der Waals surface area contributed by atoms with Gasteiger partial charge in [0.25, 0.3) is 0 Å². The molecule has 2 N–H and O–H groups in total. The van der Waals surface area contributed by atoms with Gasteiger partial charge in [-0.15, -0.1) is 0 Å². The number of benzene rings is 4. The third-order valence-electron chi connectivity index (χ3n) is 7.24. The second-order valence-corrected chi connectivity index (χ2v) is 12.2. The van der Waals surface area contributed by atoms with Gasteiger partial charge in [0.05, 0.1) is 35.5 Å². The van der Waals surface area contributed by atoms with Crippen LogP contribution in [0.3, 0.4) is 0 Å². The molecule has 1 heterocycles. The Hall–Kier alpha value is -4.00. The number of nitrogens with one attached hydrogen (secondary N) is 1. The Labute approximate surface area is 253 Å². The molecule has 0 bridgehead atoms. The first-order valence-corrected chi connectivity index (χ1v) is 16.2. The van der Waals surface area contributed by atoms with Gasteiger partial charge < -0.3 is 19.1 Å². The van der Waals surface area contributed by atoms with Crippen LogP contribution < -0.4 is 5.30 Å². The third kappa shape index (κ3) is 7.15. The highest BCUT2D eigenvalue weighted by Crippen LogP contribution is 2.47. The summed E-state index contributed by atoms with van der Waals surface area (Å²) in [6, 6.07) is 33.7. The van der Waals surface area contributed by atoms with Crippen LogP contribution in [0.4, 0.5) is 5.69 Å². The monoisotopic (exact) mass is 595 g/mol.